The van der Waals surface area contributed by atoms with Crippen molar-refractivity contribution in [3.05, 3.63) is 65.7 Å². The van der Waals surface area contributed by atoms with Gasteiger partial charge in [-0.15, -0.1) is 0 Å². The zero-order valence-electron chi connectivity index (χ0n) is 15.3. The lowest BCUT2D eigenvalue weighted by molar-refractivity contribution is -0.0258. The molecular formula is C19H24N2O4S. The summed E-state index contributed by atoms with van der Waals surface area (Å²) in [6.07, 6.45) is 0.741. The second-order valence-electron chi connectivity index (χ2n) is 5.75. The smallest absolute Gasteiger partial charge is 0.264 e. The summed E-state index contributed by atoms with van der Waals surface area (Å²) in [6.45, 7) is 3.01. The maximum atomic E-state index is 12.8. The van der Waals surface area contributed by atoms with Crippen LogP contribution >= 0.6 is 0 Å². The minimum Gasteiger partial charge on any atom is -0.339 e. The second-order valence-corrected chi connectivity index (χ2v) is 7.68. The Hall–Kier alpha value is -2.22. The number of benzene rings is 2. The van der Waals surface area contributed by atoms with Crippen LogP contribution in [0.3, 0.4) is 0 Å². The van der Waals surface area contributed by atoms with E-state index in [1.54, 1.807) is 17.0 Å². The Kier molecular flexibility index (Phi) is 6.90. The van der Waals surface area contributed by atoms with Crippen LogP contribution in [0, 0.1) is 0 Å². The Morgan fingerprint density at radius 3 is 2.38 bits per heavy atom. The number of carbonyl (C=O) groups excluding carboxylic acids is 1. The van der Waals surface area contributed by atoms with E-state index in [4.69, 9.17) is 4.84 Å². The zero-order chi connectivity index (χ0) is 19.2. The Labute approximate surface area is 155 Å². The fourth-order valence-corrected chi connectivity index (χ4v) is 3.55. The van der Waals surface area contributed by atoms with Crippen molar-refractivity contribution in [1.29, 1.82) is 0 Å². The molecule has 0 aliphatic heterocycles. The first-order valence-corrected chi connectivity index (χ1v) is 9.80. The lowest BCUT2D eigenvalue weighted by Gasteiger charge is -2.21. The maximum Gasteiger partial charge on any atom is 0.264 e. The second kappa shape index (κ2) is 8.93. The van der Waals surface area contributed by atoms with Crippen molar-refractivity contribution < 1.29 is 18.0 Å². The molecule has 0 saturated heterocycles. The molecule has 140 valence electrons. The maximum absolute atomic E-state index is 12.8. The Morgan fingerprint density at radius 2 is 1.77 bits per heavy atom. The van der Waals surface area contributed by atoms with Gasteiger partial charge in [-0.25, -0.2) is 8.42 Å². The highest BCUT2D eigenvalue weighted by atomic mass is 32.2. The molecule has 0 aliphatic carbocycles. The predicted octanol–water partition coefficient (Wildman–Crippen LogP) is 2.57. The number of hydrogen-bond acceptors (Lipinski definition) is 4. The fourth-order valence-electron chi connectivity index (χ4n) is 2.53. The molecule has 1 amide bonds. The van der Waals surface area contributed by atoms with Crippen LogP contribution in [0.5, 0.6) is 0 Å². The molecule has 7 heteroatoms. The van der Waals surface area contributed by atoms with Crippen LogP contribution in [0.4, 0.5) is 0 Å². The number of sulfonamides is 1. The van der Waals surface area contributed by atoms with E-state index in [1.807, 2.05) is 37.3 Å². The van der Waals surface area contributed by atoms with Crippen LogP contribution in [0.2, 0.25) is 0 Å². The van der Waals surface area contributed by atoms with Crippen LogP contribution in [-0.2, 0) is 21.3 Å². The number of rotatable bonds is 8. The largest absolute Gasteiger partial charge is 0.339 e. The molecule has 26 heavy (non-hydrogen) atoms. The van der Waals surface area contributed by atoms with Gasteiger partial charge in [0.25, 0.3) is 15.9 Å². The zero-order valence-corrected chi connectivity index (χ0v) is 16.1. The quantitative estimate of drug-likeness (QED) is 0.664. The predicted molar refractivity (Wildman–Crippen MR) is 100 cm³/mol. The molecule has 0 bridgehead atoms. The van der Waals surface area contributed by atoms with Crippen molar-refractivity contribution in [2.45, 2.75) is 18.2 Å². The van der Waals surface area contributed by atoms with Gasteiger partial charge in [-0.3, -0.25) is 9.63 Å². The average Bonchev–Trinajstić information content (AvgIpc) is 2.68. The molecule has 0 radical (unpaired) electrons. The highest BCUT2D eigenvalue weighted by molar-refractivity contribution is 7.89. The molecule has 2 rings (SSSR count). The third-order valence-corrected chi connectivity index (χ3v) is 5.83. The highest BCUT2D eigenvalue weighted by Gasteiger charge is 2.23. The first-order chi connectivity index (χ1) is 12.4. The number of carbonyl (C=O) groups is 1. The summed E-state index contributed by atoms with van der Waals surface area (Å²) in [4.78, 5) is 19.3. The fraction of sp³-hybridized carbons (Fsp3) is 0.316. The first kappa shape index (κ1) is 20.1. The molecule has 0 saturated carbocycles. The van der Waals surface area contributed by atoms with Gasteiger partial charge in [0.15, 0.2) is 0 Å². The SMILES string of the molecule is CCN(CCc1ccccc1)C(=O)c1cccc(S(=O)(=O)N(C)OC)c1. The van der Waals surface area contributed by atoms with Crippen molar-refractivity contribution in [2.75, 3.05) is 27.2 Å². The van der Waals surface area contributed by atoms with Gasteiger partial charge in [-0.1, -0.05) is 40.9 Å². The van der Waals surface area contributed by atoms with Gasteiger partial charge < -0.3 is 4.90 Å². The molecule has 0 aliphatic rings. The molecule has 6 nitrogen and oxygen atoms in total. The van der Waals surface area contributed by atoms with Gasteiger partial charge >= 0.3 is 0 Å². The van der Waals surface area contributed by atoms with E-state index in [-0.39, 0.29) is 10.8 Å². The molecule has 0 atom stereocenters. The molecule has 0 aromatic heterocycles. The molecule has 0 unspecified atom stereocenters. The number of hydrogen-bond donors (Lipinski definition) is 0. The summed E-state index contributed by atoms with van der Waals surface area (Å²) in [5.41, 5.74) is 1.49. The normalized spacial score (nSPS) is 11.5. The first-order valence-electron chi connectivity index (χ1n) is 8.36. The summed E-state index contributed by atoms with van der Waals surface area (Å²) in [5.74, 6) is -0.194. The minimum absolute atomic E-state index is 0.0202. The summed E-state index contributed by atoms with van der Waals surface area (Å²) in [6, 6.07) is 15.9. The summed E-state index contributed by atoms with van der Waals surface area (Å²) < 4.78 is 25.5. The third-order valence-electron chi connectivity index (χ3n) is 4.16. The Morgan fingerprint density at radius 1 is 1.08 bits per heavy atom. The van der Waals surface area contributed by atoms with Crippen LogP contribution in [0.1, 0.15) is 22.8 Å². The third kappa shape index (κ3) is 4.69. The lowest BCUT2D eigenvalue weighted by Crippen LogP contribution is -2.33. The number of amides is 1. The number of hydroxylamine groups is 1. The molecule has 0 N–H and O–H groups in total. The molecule has 0 fully saturated rings. The van der Waals surface area contributed by atoms with Gasteiger partial charge in [0.2, 0.25) is 0 Å². The molecule has 2 aromatic rings. The van der Waals surface area contributed by atoms with Crippen molar-refractivity contribution in [3.8, 4) is 0 Å². The summed E-state index contributed by atoms with van der Waals surface area (Å²) >= 11 is 0. The van der Waals surface area contributed by atoms with Crippen molar-refractivity contribution >= 4 is 15.9 Å². The Balaban J connectivity index is 2.18. The summed E-state index contributed by atoms with van der Waals surface area (Å²) in [7, 11) is -1.21. The van der Waals surface area contributed by atoms with E-state index < -0.39 is 10.0 Å². The van der Waals surface area contributed by atoms with E-state index >= 15 is 0 Å². The highest BCUT2D eigenvalue weighted by Crippen LogP contribution is 2.17. The number of likely N-dealkylation sites (N-methyl/N-ethyl adjacent to an activating group) is 1. The molecule has 0 spiro atoms. The van der Waals surface area contributed by atoms with Gasteiger partial charge in [0.1, 0.15) is 0 Å². The van der Waals surface area contributed by atoms with Crippen LogP contribution < -0.4 is 0 Å². The Bertz CT molecular complexity index is 838. The van der Waals surface area contributed by atoms with E-state index in [0.717, 1.165) is 16.5 Å². The van der Waals surface area contributed by atoms with Crippen LogP contribution in [0.25, 0.3) is 0 Å². The van der Waals surface area contributed by atoms with E-state index in [1.165, 1.54) is 26.3 Å². The molecule has 2 aromatic carbocycles. The molecular weight excluding hydrogens is 352 g/mol. The van der Waals surface area contributed by atoms with Gasteiger partial charge in [0, 0.05) is 25.7 Å². The standard InChI is InChI=1S/C19H24N2O4S/c1-4-21(14-13-16-9-6-5-7-10-16)19(22)17-11-8-12-18(15-17)26(23,24)20(2)25-3/h5-12,15H,4,13-14H2,1-3H3. The minimum atomic E-state index is -3.79. The van der Waals surface area contributed by atoms with Gasteiger partial charge in [0.05, 0.1) is 12.0 Å². The van der Waals surface area contributed by atoms with E-state index in [0.29, 0.717) is 18.7 Å². The molecule has 0 heterocycles. The monoisotopic (exact) mass is 376 g/mol. The van der Waals surface area contributed by atoms with Crippen LogP contribution in [0.15, 0.2) is 59.5 Å². The average molecular weight is 376 g/mol. The van der Waals surface area contributed by atoms with Gasteiger partial charge in [-0.2, -0.15) is 0 Å². The van der Waals surface area contributed by atoms with Crippen LogP contribution in [-0.4, -0.2) is 50.9 Å². The van der Waals surface area contributed by atoms with Crippen molar-refractivity contribution in [1.82, 2.24) is 9.37 Å². The topological polar surface area (TPSA) is 66.9 Å². The lowest BCUT2D eigenvalue weighted by atomic mass is 10.1. The summed E-state index contributed by atoms with van der Waals surface area (Å²) in [5, 5.41) is 0. The number of nitrogens with zero attached hydrogens (tertiary/aromatic N) is 2. The van der Waals surface area contributed by atoms with E-state index in [9.17, 15) is 13.2 Å². The van der Waals surface area contributed by atoms with Crippen molar-refractivity contribution in [3.63, 3.8) is 0 Å². The van der Waals surface area contributed by atoms with E-state index in [2.05, 4.69) is 0 Å². The van der Waals surface area contributed by atoms with Crippen molar-refractivity contribution in [2.24, 2.45) is 0 Å². The van der Waals surface area contributed by atoms with Gasteiger partial charge in [-0.05, 0) is 37.1 Å².